The Balaban J connectivity index is 0.00000220. The molecule has 1 aliphatic rings. The molecule has 0 spiro atoms. The zero-order chi connectivity index (χ0) is 14.9. The fourth-order valence-electron chi connectivity index (χ4n) is 2.07. The quantitative estimate of drug-likeness (QED) is 0.819. The summed E-state index contributed by atoms with van der Waals surface area (Å²) in [5, 5.41) is 4.96. The third-order valence-electron chi connectivity index (χ3n) is 3.09. The molecule has 1 fully saturated rings. The van der Waals surface area contributed by atoms with Crippen molar-refractivity contribution in [2.45, 2.75) is 18.4 Å². The molecule has 2 heterocycles. The number of aryl methyl sites for hydroxylation is 1. The molecule has 1 aliphatic heterocycles. The second-order valence-electron chi connectivity index (χ2n) is 4.70. The van der Waals surface area contributed by atoms with E-state index < -0.39 is 36.8 Å². The summed E-state index contributed by atoms with van der Waals surface area (Å²) in [4.78, 5) is 23.2. The van der Waals surface area contributed by atoms with Gasteiger partial charge in [-0.15, -0.1) is 12.4 Å². The topological polar surface area (TPSA) is 72.4 Å². The van der Waals surface area contributed by atoms with Crippen molar-refractivity contribution in [3.63, 3.8) is 0 Å². The van der Waals surface area contributed by atoms with Gasteiger partial charge in [-0.1, -0.05) is 0 Å². The summed E-state index contributed by atoms with van der Waals surface area (Å²) in [7, 11) is 2.86. The average molecular weight is 324 g/mol. The smallest absolute Gasteiger partial charge is 0.354 e. The largest absolute Gasteiger partial charge is 0.464 e. The summed E-state index contributed by atoms with van der Waals surface area (Å²) in [6, 6.07) is 0.489. The van der Waals surface area contributed by atoms with E-state index >= 15 is 0 Å². The molecular formula is C12H16ClF2N3O3. The van der Waals surface area contributed by atoms with Crippen LogP contribution in [0.5, 0.6) is 0 Å². The van der Waals surface area contributed by atoms with E-state index in [1.807, 2.05) is 0 Å². The highest BCUT2D eigenvalue weighted by Gasteiger charge is 2.42. The van der Waals surface area contributed by atoms with E-state index in [-0.39, 0.29) is 18.1 Å². The number of esters is 1. The lowest BCUT2D eigenvalue weighted by Gasteiger charge is -2.09. The van der Waals surface area contributed by atoms with Gasteiger partial charge in [0, 0.05) is 19.7 Å². The molecule has 118 valence electrons. The third kappa shape index (κ3) is 3.92. The second-order valence-corrected chi connectivity index (χ2v) is 4.70. The first-order chi connectivity index (χ1) is 9.32. The molecule has 0 saturated carbocycles. The molecule has 9 heteroatoms. The van der Waals surface area contributed by atoms with Gasteiger partial charge in [0.05, 0.1) is 25.4 Å². The standard InChI is InChI=1S/C12H15F2N3O3.ClH/c1-17-5-7(3-9(17)11(19)20-2)16-10(18)8-4-12(13,14)6-15-8;/h3,5,8,15H,4,6H2,1-2H3,(H,16,18);1H. The summed E-state index contributed by atoms with van der Waals surface area (Å²) in [5.41, 5.74) is 0.613. The molecule has 0 radical (unpaired) electrons. The first-order valence-electron chi connectivity index (χ1n) is 5.99. The van der Waals surface area contributed by atoms with Crippen LogP contribution in [-0.2, 0) is 16.6 Å². The maximum Gasteiger partial charge on any atom is 0.354 e. The number of nitrogens with one attached hydrogen (secondary N) is 2. The number of hydrogen-bond donors (Lipinski definition) is 2. The number of hydrogen-bond acceptors (Lipinski definition) is 4. The van der Waals surface area contributed by atoms with Crippen LogP contribution in [0.4, 0.5) is 14.5 Å². The van der Waals surface area contributed by atoms with Gasteiger partial charge >= 0.3 is 5.97 Å². The lowest BCUT2D eigenvalue weighted by molar-refractivity contribution is -0.118. The summed E-state index contributed by atoms with van der Waals surface area (Å²) in [6.45, 7) is -0.507. The maximum atomic E-state index is 13.0. The van der Waals surface area contributed by atoms with Crippen LogP contribution in [0.3, 0.4) is 0 Å². The third-order valence-corrected chi connectivity index (χ3v) is 3.09. The number of carbonyl (C=O) groups excluding carboxylic acids is 2. The van der Waals surface area contributed by atoms with Gasteiger partial charge in [0.1, 0.15) is 5.69 Å². The summed E-state index contributed by atoms with van der Waals surface area (Å²) in [5.74, 6) is -3.96. The van der Waals surface area contributed by atoms with Crippen LogP contribution in [0.15, 0.2) is 12.3 Å². The molecule has 2 N–H and O–H groups in total. The summed E-state index contributed by atoms with van der Waals surface area (Å²) in [6.07, 6.45) is 0.979. The van der Waals surface area contributed by atoms with Gasteiger partial charge in [-0.2, -0.15) is 0 Å². The highest BCUT2D eigenvalue weighted by molar-refractivity contribution is 5.97. The number of ether oxygens (including phenoxy) is 1. The van der Waals surface area contributed by atoms with Gasteiger partial charge in [-0.25, -0.2) is 13.6 Å². The summed E-state index contributed by atoms with van der Waals surface area (Å²) >= 11 is 0. The number of carbonyl (C=O) groups is 2. The van der Waals surface area contributed by atoms with E-state index in [9.17, 15) is 18.4 Å². The van der Waals surface area contributed by atoms with Gasteiger partial charge in [0.2, 0.25) is 5.91 Å². The van der Waals surface area contributed by atoms with Crippen LogP contribution in [0.2, 0.25) is 0 Å². The van der Waals surface area contributed by atoms with Gasteiger partial charge in [0.25, 0.3) is 5.92 Å². The van der Waals surface area contributed by atoms with E-state index in [2.05, 4.69) is 15.4 Å². The molecule has 1 saturated heterocycles. The first kappa shape index (κ1) is 17.4. The molecule has 21 heavy (non-hydrogen) atoms. The number of anilines is 1. The molecule has 1 aromatic heterocycles. The Morgan fingerprint density at radius 2 is 2.19 bits per heavy atom. The zero-order valence-electron chi connectivity index (χ0n) is 11.5. The fourth-order valence-corrected chi connectivity index (χ4v) is 2.07. The predicted octanol–water partition coefficient (Wildman–Crippen LogP) is 1.17. The number of methoxy groups -OCH3 is 1. The normalized spacial score (nSPS) is 19.7. The number of alkyl halides is 2. The minimum absolute atomic E-state index is 0. The number of halogens is 3. The van der Waals surface area contributed by atoms with Crippen molar-refractivity contribution >= 4 is 30.0 Å². The Kier molecular flexibility index (Phi) is 5.30. The van der Waals surface area contributed by atoms with Crippen LogP contribution in [0, 0.1) is 0 Å². The van der Waals surface area contributed by atoms with E-state index in [0.717, 1.165) is 0 Å². The van der Waals surface area contributed by atoms with Crippen molar-refractivity contribution in [1.29, 1.82) is 0 Å². The zero-order valence-corrected chi connectivity index (χ0v) is 12.3. The van der Waals surface area contributed by atoms with E-state index in [0.29, 0.717) is 5.69 Å². The Morgan fingerprint density at radius 1 is 1.52 bits per heavy atom. The lowest BCUT2D eigenvalue weighted by Crippen LogP contribution is -2.35. The first-order valence-corrected chi connectivity index (χ1v) is 5.99. The van der Waals surface area contributed by atoms with E-state index in [4.69, 9.17) is 0 Å². The van der Waals surface area contributed by atoms with Crippen molar-refractivity contribution in [3.8, 4) is 0 Å². The molecule has 6 nitrogen and oxygen atoms in total. The van der Waals surface area contributed by atoms with Crippen LogP contribution in [0.1, 0.15) is 16.9 Å². The van der Waals surface area contributed by atoms with Gasteiger partial charge < -0.3 is 14.6 Å². The van der Waals surface area contributed by atoms with Gasteiger partial charge in [-0.05, 0) is 6.07 Å². The number of aromatic nitrogens is 1. The van der Waals surface area contributed by atoms with Crippen LogP contribution >= 0.6 is 12.4 Å². The Hall–Kier alpha value is -1.67. The molecule has 0 aromatic carbocycles. The minimum Gasteiger partial charge on any atom is -0.464 e. The van der Waals surface area contributed by atoms with Gasteiger partial charge in [-0.3, -0.25) is 10.1 Å². The highest BCUT2D eigenvalue weighted by atomic mass is 35.5. The van der Waals surface area contributed by atoms with Crippen molar-refractivity contribution in [2.75, 3.05) is 19.0 Å². The predicted molar refractivity (Wildman–Crippen MR) is 74.0 cm³/mol. The molecule has 1 atom stereocenters. The fraction of sp³-hybridized carbons (Fsp3) is 0.500. The molecule has 1 amide bonds. The minimum atomic E-state index is -2.87. The monoisotopic (exact) mass is 323 g/mol. The molecule has 1 aromatic rings. The molecule has 0 bridgehead atoms. The molecule has 1 unspecified atom stereocenters. The summed E-state index contributed by atoms with van der Waals surface area (Å²) < 4.78 is 32.1. The Bertz CT molecular complexity index is 548. The Morgan fingerprint density at radius 3 is 2.71 bits per heavy atom. The van der Waals surface area contributed by atoms with Crippen molar-refractivity contribution < 1.29 is 23.1 Å². The Labute approximate surface area is 126 Å². The highest BCUT2D eigenvalue weighted by Crippen LogP contribution is 2.26. The molecular weight excluding hydrogens is 308 g/mol. The van der Waals surface area contributed by atoms with E-state index in [1.165, 1.54) is 23.9 Å². The van der Waals surface area contributed by atoms with Crippen molar-refractivity contribution in [3.05, 3.63) is 18.0 Å². The SMILES string of the molecule is COC(=O)c1cc(NC(=O)C2CC(F)(F)CN2)cn1C.Cl. The van der Waals surface area contributed by atoms with E-state index in [1.54, 1.807) is 7.05 Å². The van der Waals surface area contributed by atoms with Gasteiger partial charge in [0.15, 0.2) is 0 Å². The number of nitrogens with zero attached hydrogens (tertiary/aromatic N) is 1. The molecule has 0 aliphatic carbocycles. The van der Waals surface area contributed by atoms with Crippen LogP contribution in [-0.4, -0.2) is 42.1 Å². The average Bonchev–Trinajstić information content (AvgIpc) is 2.91. The number of amides is 1. The number of rotatable bonds is 3. The maximum absolute atomic E-state index is 13.0. The second kappa shape index (κ2) is 6.40. The van der Waals surface area contributed by atoms with Crippen molar-refractivity contribution in [1.82, 2.24) is 9.88 Å². The van der Waals surface area contributed by atoms with Crippen molar-refractivity contribution in [2.24, 2.45) is 7.05 Å². The molecule has 2 rings (SSSR count). The van der Waals surface area contributed by atoms with Crippen LogP contribution < -0.4 is 10.6 Å². The lowest BCUT2D eigenvalue weighted by atomic mass is 10.2. The van der Waals surface area contributed by atoms with Crippen LogP contribution in [0.25, 0.3) is 0 Å².